The Morgan fingerprint density at radius 1 is 1.14 bits per heavy atom. The summed E-state index contributed by atoms with van der Waals surface area (Å²) in [5, 5.41) is 17.4. The number of carboxylic acids is 1. The molecule has 1 atom stereocenters. The van der Waals surface area contributed by atoms with Crippen molar-refractivity contribution in [3.05, 3.63) is 44.8 Å². The van der Waals surface area contributed by atoms with Gasteiger partial charge in [0.05, 0.1) is 25.6 Å². The summed E-state index contributed by atoms with van der Waals surface area (Å²) in [5.41, 5.74) is 0. The molecule has 3 N–H and O–H groups in total. The lowest BCUT2D eigenvalue weighted by molar-refractivity contribution is -0.136. The minimum absolute atomic E-state index is 0.0171. The van der Waals surface area contributed by atoms with Gasteiger partial charge >= 0.3 is 18.1 Å². The summed E-state index contributed by atoms with van der Waals surface area (Å²) >= 11 is 3.15. The molecule has 1 unspecified atom stereocenters. The second-order valence-corrected chi connectivity index (χ2v) is 7.85. The summed E-state index contributed by atoms with van der Waals surface area (Å²) in [7, 11) is 0. The van der Waals surface area contributed by atoms with Crippen molar-refractivity contribution in [3.63, 3.8) is 0 Å². The predicted octanol–water partition coefficient (Wildman–Crippen LogP) is 3.28. The first-order valence-corrected chi connectivity index (χ1v) is 10.5. The third-order valence-electron chi connectivity index (χ3n) is 3.80. The van der Waals surface area contributed by atoms with Gasteiger partial charge in [0.25, 0.3) is 0 Å². The molecule has 10 heteroatoms. The van der Waals surface area contributed by atoms with Gasteiger partial charge in [0, 0.05) is 16.3 Å². The van der Waals surface area contributed by atoms with Gasteiger partial charge in [0.15, 0.2) is 0 Å². The molecule has 0 aliphatic heterocycles. The van der Waals surface area contributed by atoms with Crippen molar-refractivity contribution in [2.45, 2.75) is 25.9 Å². The van der Waals surface area contributed by atoms with Gasteiger partial charge in [0.1, 0.15) is 6.61 Å². The quantitative estimate of drug-likeness (QED) is 0.506. The molecule has 0 radical (unpaired) electrons. The highest BCUT2D eigenvalue weighted by Crippen LogP contribution is 2.27. The lowest BCUT2D eigenvalue weighted by Crippen LogP contribution is -2.39. The van der Waals surface area contributed by atoms with E-state index in [4.69, 9.17) is 9.84 Å². The number of thiophene rings is 2. The molecule has 0 fully saturated rings. The monoisotopic (exact) mass is 425 g/mol. The van der Waals surface area contributed by atoms with Crippen molar-refractivity contribution in [2.75, 3.05) is 19.7 Å². The minimum Gasteiger partial charge on any atom is -0.481 e. The topological polar surface area (TPSA) is 108 Å². The second kappa shape index (κ2) is 11.3. The maximum Gasteiger partial charge on any atom is 0.410 e. The summed E-state index contributed by atoms with van der Waals surface area (Å²) < 4.78 is 5.32. The van der Waals surface area contributed by atoms with Crippen LogP contribution in [0.25, 0.3) is 0 Å². The SMILES string of the molecule is CC(c1cccs1)N(Cc1cccs1)C(=O)OCCNC(=O)NCCC(=O)O. The van der Waals surface area contributed by atoms with Crippen LogP contribution in [0.1, 0.15) is 29.1 Å². The van der Waals surface area contributed by atoms with Gasteiger partial charge in [-0.05, 0) is 29.8 Å². The van der Waals surface area contributed by atoms with E-state index in [1.807, 2.05) is 41.9 Å². The second-order valence-electron chi connectivity index (χ2n) is 5.84. The summed E-state index contributed by atoms with van der Waals surface area (Å²) in [6.07, 6.45) is -0.608. The van der Waals surface area contributed by atoms with Gasteiger partial charge < -0.3 is 20.5 Å². The number of urea groups is 1. The first-order valence-electron chi connectivity index (χ1n) is 8.70. The van der Waals surface area contributed by atoms with Crippen LogP contribution in [0.5, 0.6) is 0 Å². The van der Waals surface area contributed by atoms with Crippen molar-refractivity contribution >= 4 is 40.8 Å². The van der Waals surface area contributed by atoms with E-state index in [1.54, 1.807) is 27.6 Å². The van der Waals surface area contributed by atoms with E-state index in [-0.39, 0.29) is 32.2 Å². The van der Waals surface area contributed by atoms with Crippen LogP contribution in [0.3, 0.4) is 0 Å². The number of nitrogens with one attached hydrogen (secondary N) is 2. The summed E-state index contributed by atoms with van der Waals surface area (Å²) in [5.74, 6) is -0.986. The number of hydrogen-bond acceptors (Lipinski definition) is 6. The van der Waals surface area contributed by atoms with Crippen molar-refractivity contribution in [1.82, 2.24) is 15.5 Å². The van der Waals surface area contributed by atoms with Crippen LogP contribution in [0.2, 0.25) is 0 Å². The van der Waals surface area contributed by atoms with E-state index in [0.717, 1.165) is 9.75 Å². The number of rotatable bonds is 10. The summed E-state index contributed by atoms with van der Waals surface area (Å²) in [6.45, 7) is 2.58. The number of aliphatic carboxylic acids is 1. The Bertz CT molecular complexity index is 749. The number of hydrogen-bond donors (Lipinski definition) is 3. The smallest absolute Gasteiger partial charge is 0.410 e. The van der Waals surface area contributed by atoms with Gasteiger partial charge in [-0.15, -0.1) is 22.7 Å². The molecule has 0 spiro atoms. The minimum atomic E-state index is -0.986. The van der Waals surface area contributed by atoms with E-state index in [1.165, 1.54) is 0 Å². The molecule has 2 heterocycles. The third kappa shape index (κ3) is 7.20. The molecule has 0 saturated carbocycles. The van der Waals surface area contributed by atoms with Crippen molar-refractivity contribution in [3.8, 4) is 0 Å². The fourth-order valence-electron chi connectivity index (χ4n) is 2.34. The van der Waals surface area contributed by atoms with Gasteiger partial charge in [-0.2, -0.15) is 0 Å². The Labute approximate surface area is 171 Å². The van der Waals surface area contributed by atoms with Crippen molar-refractivity contribution < 1.29 is 24.2 Å². The molecule has 0 saturated heterocycles. The van der Waals surface area contributed by atoms with Crippen LogP contribution in [0.4, 0.5) is 9.59 Å². The van der Waals surface area contributed by atoms with E-state index in [0.29, 0.717) is 6.54 Å². The van der Waals surface area contributed by atoms with Crippen molar-refractivity contribution in [2.24, 2.45) is 0 Å². The zero-order valence-corrected chi connectivity index (χ0v) is 17.1. The first-order chi connectivity index (χ1) is 13.5. The van der Waals surface area contributed by atoms with Gasteiger partial charge in [0.2, 0.25) is 0 Å². The van der Waals surface area contributed by atoms with E-state index in [9.17, 15) is 14.4 Å². The van der Waals surface area contributed by atoms with Crippen LogP contribution in [0.15, 0.2) is 35.0 Å². The van der Waals surface area contributed by atoms with Gasteiger partial charge in [-0.3, -0.25) is 9.69 Å². The highest BCUT2D eigenvalue weighted by Gasteiger charge is 2.24. The van der Waals surface area contributed by atoms with E-state index in [2.05, 4.69) is 10.6 Å². The number of ether oxygens (including phenoxy) is 1. The zero-order chi connectivity index (χ0) is 20.4. The maximum absolute atomic E-state index is 12.6. The number of nitrogens with zero attached hydrogens (tertiary/aromatic N) is 1. The lowest BCUT2D eigenvalue weighted by Gasteiger charge is -2.27. The number of carbonyl (C=O) groups is 3. The van der Waals surface area contributed by atoms with Gasteiger partial charge in [-0.25, -0.2) is 9.59 Å². The normalized spacial score (nSPS) is 11.5. The molecule has 0 bridgehead atoms. The molecule has 0 aliphatic rings. The molecule has 2 aromatic rings. The fourth-order valence-corrected chi connectivity index (χ4v) is 3.84. The molecule has 28 heavy (non-hydrogen) atoms. The molecule has 3 amide bonds. The molecule has 0 aliphatic carbocycles. The molecule has 152 valence electrons. The Balaban J connectivity index is 1.81. The first kappa shape index (κ1) is 21.7. The highest BCUT2D eigenvalue weighted by atomic mass is 32.1. The van der Waals surface area contributed by atoms with Crippen LogP contribution < -0.4 is 10.6 Å². The molecule has 2 aromatic heterocycles. The fraction of sp³-hybridized carbons (Fsp3) is 0.389. The standard InChI is InChI=1S/C18H23N3O5S2/c1-13(15-5-3-11-28-15)21(12-14-4-2-10-27-14)18(25)26-9-8-20-17(24)19-7-6-16(22)23/h2-5,10-11,13H,6-9,12H2,1H3,(H,22,23)(H2,19,20,24). The number of carboxylic acid groups (broad SMARTS) is 1. The maximum atomic E-state index is 12.6. The highest BCUT2D eigenvalue weighted by molar-refractivity contribution is 7.10. The predicted molar refractivity (Wildman–Crippen MR) is 108 cm³/mol. The van der Waals surface area contributed by atoms with Crippen molar-refractivity contribution in [1.29, 1.82) is 0 Å². The van der Waals surface area contributed by atoms with E-state index >= 15 is 0 Å². The number of carbonyl (C=O) groups excluding carboxylic acids is 2. The molecule has 0 aromatic carbocycles. The van der Waals surface area contributed by atoms with Crippen LogP contribution in [-0.4, -0.2) is 47.8 Å². The van der Waals surface area contributed by atoms with Gasteiger partial charge in [-0.1, -0.05) is 12.1 Å². The molecular formula is C18H23N3O5S2. The Hall–Kier alpha value is -2.59. The number of amides is 3. The molecule has 8 nitrogen and oxygen atoms in total. The third-order valence-corrected chi connectivity index (χ3v) is 5.70. The summed E-state index contributed by atoms with van der Waals surface area (Å²) in [6, 6.07) is 7.19. The zero-order valence-electron chi connectivity index (χ0n) is 15.4. The van der Waals surface area contributed by atoms with Crippen LogP contribution >= 0.6 is 22.7 Å². The van der Waals surface area contributed by atoms with E-state index < -0.39 is 18.1 Å². The molecular weight excluding hydrogens is 402 g/mol. The molecule has 2 rings (SSSR count). The Morgan fingerprint density at radius 2 is 1.86 bits per heavy atom. The van der Waals surface area contributed by atoms with Crippen LogP contribution in [0, 0.1) is 0 Å². The largest absolute Gasteiger partial charge is 0.481 e. The average molecular weight is 426 g/mol. The Morgan fingerprint density at radius 3 is 2.50 bits per heavy atom. The average Bonchev–Trinajstić information content (AvgIpc) is 3.36. The summed E-state index contributed by atoms with van der Waals surface area (Å²) in [4.78, 5) is 38.3. The Kier molecular flexibility index (Phi) is 8.76. The lowest BCUT2D eigenvalue weighted by atomic mass is 10.2. The van der Waals surface area contributed by atoms with Crippen LogP contribution in [-0.2, 0) is 16.1 Å².